The first-order valence-corrected chi connectivity index (χ1v) is 12.2. The number of nitro benzene ring substituents is 1. The van der Waals surface area contributed by atoms with Crippen LogP contribution in [0.1, 0.15) is 17.5 Å². The minimum atomic E-state index is -1.91. The molecule has 12 heteroatoms. The zero-order chi connectivity index (χ0) is 26.1. The number of non-ortho nitro benzene ring substituents is 1. The van der Waals surface area contributed by atoms with Crippen LogP contribution in [0.5, 0.6) is 0 Å². The molecule has 4 rings (SSSR count). The van der Waals surface area contributed by atoms with Crippen molar-refractivity contribution in [3.05, 3.63) is 75.8 Å². The number of amides is 2. The van der Waals surface area contributed by atoms with Crippen LogP contribution in [-0.2, 0) is 32.0 Å². The zero-order valence-corrected chi connectivity index (χ0v) is 20.1. The molecule has 2 heterocycles. The van der Waals surface area contributed by atoms with E-state index in [2.05, 4.69) is 5.32 Å². The first kappa shape index (κ1) is 25.6. The summed E-state index contributed by atoms with van der Waals surface area (Å²) >= 11 is 1.22. The molecule has 0 spiro atoms. The Morgan fingerprint density at radius 3 is 2.44 bits per heavy atom. The Kier molecular flexibility index (Phi) is 7.03. The van der Waals surface area contributed by atoms with E-state index in [-0.39, 0.29) is 24.3 Å². The summed E-state index contributed by atoms with van der Waals surface area (Å²) in [5.41, 5.74) is -2.52. The molecule has 2 aliphatic rings. The van der Waals surface area contributed by atoms with Gasteiger partial charge in [-0.1, -0.05) is 42.5 Å². The van der Waals surface area contributed by atoms with Gasteiger partial charge in [0.15, 0.2) is 0 Å². The fraction of sp³-hybridized carbons (Fsp3) is 0.375. The summed E-state index contributed by atoms with van der Waals surface area (Å²) in [6.07, 6.45) is -0.526. The largest absolute Gasteiger partial charge is 0.481 e. The number of methoxy groups -OCH3 is 1. The molecule has 2 fully saturated rings. The molecule has 11 nitrogen and oxygen atoms in total. The number of hydrogen-bond donors (Lipinski definition) is 3. The van der Waals surface area contributed by atoms with Gasteiger partial charge in [0.2, 0.25) is 5.91 Å². The Balaban J connectivity index is 1.60. The fourth-order valence-corrected chi connectivity index (χ4v) is 6.42. The van der Waals surface area contributed by atoms with Crippen LogP contribution >= 0.6 is 11.8 Å². The van der Waals surface area contributed by atoms with Gasteiger partial charge in [-0.3, -0.25) is 29.4 Å². The van der Waals surface area contributed by atoms with Crippen molar-refractivity contribution in [3.63, 3.8) is 0 Å². The van der Waals surface area contributed by atoms with Crippen LogP contribution in [0.15, 0.2) is 54.6 Å². The number of benzene rings is 2. The van der Waals surface area contributed by atoms with Crippen LogP contribution in [0.2, 0.25) is 0 Å². The molecule has 190 valence electrons. The van der Waals surface area contributed by atoms with Crippen LogP contribution in [-0.4, -0.2) is 67.5 Å². The van der Waals surface area contributed by atoms with E-state index in [1.807, 2.05) is 6.07 Å². The highest BCUT2D eigenvalue weighted by Crippen LogP contribution is 2.52. The number of thioether (sulfide) groups is 1. The van der Waals surface area contributed by atoms with E-state index < -0.39 is 51.9 Å². The highest BCUT2D eigenvalue weighted by atomic mass is 32.2. The quantitative estimate of drug-likeness (QED) is 0.195. The minimum Gasteiger partial charge on any atom is -0.481 e. The molecular weight excluding hydrogens is 490 g/mol. The lowest BCUT2D eigenvalue weighted by atomic mass is 9.82. The zero-order valence-electron chi connectivity index (χ0n) is 19.3. The Bertz CT molecular complexity index is 1180. The van der Waals surface area contributed by atoms with Gasteiger partial charge in [0.25, 0.3) is 17.3 Å². The smallest absolute Gasteiger partial charge is 0.303 e. The topological polar surface area (TPSA) is 159 Å². The van der Waals surface area contributed by atoms with Gasteiger partial charge in [0.1, 0.15) is 11.1 Å². The van der Waals surface area contributed by atoms with Crippen molar-refractivity contribution < 1.29 is 34.3 Å². The maximum absolute atomic E-state index is 13.5. The van der Waals surface area contributed by atoms with E-state index in [0.29, 0.717) is 5.56 Å². The molecule has 0 aromatic heterocycles. The van der Waals surface area contributed by atoms with Crippen molar-refractivity contribution in [3.8, 4) is 0 Å². The van der Waals surface area contributed by atoms with E-state index >= 15 is 0 Å². The van der Waals surface area contributed by atoms with E-state index in [9.17, 15) is 34.7 Å². The van der Waals surface area contributed by atoms with Crippen molar-refractivity contribution in [1.29, 1.82) is 0 Å². The van der Waals surface area contributed by atoms with Gasteiger partial charge in [-0.15, -0.1) is 11.8 Å². The Morgan fingerprint density at radius 1 is 1.19 bits per heavy atom. The lowest BCUT2D eigenvalue weighted by Crippen LogP contribution is -2.86. The van der Waals surface area contributed by atoms with Crippen LogP contribution in [0.3, 0.4) is 0 Å². The van der Waals surface area contributed by atoms with Crippen LogP contribution < -0.4 is 5.32 Å². The van der Waals surface area contributed by atoms with E-state index in [0.717, 1.165) is 5.56 Å². The maximum atomic E-state index is 13.5. The molecule has 0 saturated carbocycles. The molecule has 2 aliphatic heterocycles. The summed E-state index contributed by atoms with van der Waals surface area (Å²) < 4.78 is 5.52. The highest BCUT2D eigenvalue weighted by Gasteiger charge is 2.71. The Labute approximate surface area is 210 Å². The molecule has 4 atom stereocenters. The number of carbonyl (C=O) groups is 3. The second kappa shape index (κ2) is 9.88. The number of aliphatic carboxylic acids is 1. The van der Waals surface area contributed by atoms with Gasteiger partial charge in [-0.2, -0.15) is 0 Å². The van der Waals surface area contributed by atoms with Gasteiger partial charge in [-0.05, 0) is 11.1 Å². The monoisotopic (exact) mass is 515 g/mol. The molecule has 3 N–H and O–H groups in total. The van der Waals surface area contributed by atoms with Crippen molar-refractivity contribution in [2.24, 2.45) is 5.92 Å². The number of nitrogens with one attached hydrogen (secondary N) is 1. The lowest BCUT2D eigenvalue weighted by Gasteiger charge is -2.63. The number of rotatable bonds is 9. The summed E-state index contributed by atoms with van der Waals surface area (Å²) in [7, 11) is 1.29. The summed E-state index contributed by atoms with van der Waals surface area (Å²) in [4.78, 5) is 49.4. The predicted octanol–water partition coefficient (Wildman–Crippen LogP) is 1.53. The molecule has 0 aliphatic carbocycles. The predicted molar refractivity (Wildman–Crippen MR) is 129 cm³/mol. The number of nitrogens with zero attached hydrogens (tertiary/aromatic N) is 2. The molecule has 2 saturated heterocycles. The standard InChI is InChI=1S/C24H25N3O8S/c1-35-24(25-19(28)11-15-5-3-2-4-6-15)21(31)26-22(24)36-14-17(12-20(29)30)23(26,32)13-16-7-9-18(10-8-16)27(33)34/h2-10,17,22,32H,11-14H2,1H3,(H,25,28)(H,29,30)/t17?,22-,23?,24+/m1/s1. The molecular formula is C24H25N3O8S. The normalized spacial score (nSPS) is 27.1. The Morgan fingerprint density at radius 2 is 1.86 bits per heavy atom. The van der Waals surface area contributed by atoms with Gasteiger partial charge >= 0.3 is 5.97 Å². The van der Waals surface area contributed by atoms with Crippen molar-refractivity contribution in [1.82, 2.24) is 10.2 Å². The van der Waals surface area contributed by atoms with Crippen molar-refractivity contribution in [2.75, 3.05) is 12.9 Å². The third-order valence-electron chi connectivity index (χ3n) is 6.53. The SMILES string of the molecule is CO[C@@]1(NC(=O)Cc2ccccc2)C(=O)N2[C@@H]1SCC(CC(=O)O)C2(O)Cc1ccc([N+](=O)[O-])cc1. The van der Waals surface area contributed by atoms with Gasteiger partial charge in [0, 0.05) is 37.3 Å². The summed E-state index contributed by atoms with van der Waals surface area (Å²) in [6, 6.07) is 14.4. The fourth-order valence-electron chi connectivity index (χ4n) is 4.70. The number of nitro groups is 1. The number of aliphatic hydroxyl groups is 1. The van der Waals surface area contributed by atoms with E-state index in [1.54, 1.807) is 24.3 Å². The average molecular weight is 516 g/mol. The molecule has 0 radical (unpaired) electrons. The number of carboxylic acids is 1. The van der Waals surface area contributed by atoms with Gasteiger partial charge < -0.3 is 20.3 Å². The van der Waals surface area contributed by atoms with Crippen LogP contribution in [0, 0.1) is 16.0 Å². The summed E-state index contributed by atoms with van der Waals surface area (Å²) in [6.45, 7) is 0. The third kappa shape index (κ3) is 4.54. The Hall–Kier alpha value is -3.48. The lowest BCUT2D eigenvalue weighted by molar-refractivity contribution is -0.384. The molecule has 2 aromatic rings. The third-order valence-corrected chi connectivity index (χ3v) is 7.99. The molecule has 2 aromatic carbocycles. The number of β-lactam (4-membered cyclic amide) rings is 1. The number of carboxylic acid groups (broad SMARTS) is 1. The van der Waals surface area contributed by atoms with E-state index in [4.69, 9.17) is 4.74 Å². The average Bonchev–Trinajstić information content (AvgIpc) is 2.84. The number of fused-ring (bicyclic) bond motifs is 1. The molecule has 2 unspecified atom stereocenters. The minimum absolute atomic E-state index is 0.0192. The number of hydrogen-bond acceptors (Lipinski definition) is 8. The van der Waals surface area contributed by atoms with Crippen LogP contribution in [0.4, 0.5) is 5.69 Å². The first-order chi connectivity index (χ1) is 17.1. The first-order valence-electron chi connectivity index (χ1n) is 11.1. The van der Waals surface area contributed by atoms with E-state index in [1.165, 1.54) is 48.0 Å². The van der Waals surface area contributed by atoms with Crippen molar-refractivity contribution in [2.45, 2.75) is 36.1 Å². The highest BCUT2D eigenvalue weighted by molar-refractivity contribution is 8.00. The number of ether oxygens (including phenoxy) is 1. The van der Waals surface area contributed by atoms with Crippen LogP contribution in [0.25, 0.3) is 0 Å². The summed E-state index contributed by atoms with van der Waals surface area (Å²) in [5, 5.41) is 34.1. The molecule has 2 amide bonds. The molecule has 0 bridgehead atoms. The molecule has 36 heavy (non-hydrogen) atoms. The number of carbonyl (C=O) groups excluding carboxylic acids is 2. The van der Waals surface area contributed by atoms with Gasteiger partial charge in [0.05, 0.1) is 17.8 Å². The van der Waals surface area contributed by atoms with Crippen molar-refractivity contribution >= 4 is 35.2 Å². The summed E-state index contributed by atoms with van der Waals surface area (Å²) in [5.74, 6) is -2.91. The second-order valence-corrected chi connectivity index (χ2v) is 9.90. The second-order valence-electron chi connectivity index (χ2n) is 8.78. The maximum Gasteiger partial charge on any atom is 0.303 e. The van der Waals surface area contributed by atoms with Gasteiger partial charge in [-0.25, -0.2) is 0 Å².